The summed E-state index contributed by atoms with van der Waals surface area (Å²) in [5, 5.41) is 2.08. The van der Waals surface area contributed by atoms with Gasteiger partial charge in [-0.25, -0.2) is 4.79 Å². The van der Waals surface area contributed by atoms with E-state index in [1.54, 1.807) is 44.4 Å². The Bertz CT molecular complexity index is 1580. The van der Waals surface area contributed by atoms with Crippen molar-refractivity contribution in [1.29, 1.82) is 0 Å². The van der Waals surface area contributed by atoms with Crippen LogP contribution in [0.1, 0.15) is 17.3 Å². The molecule has 38 heavy (non-hydrogen) atoms. The summed E-state index contributed by atoms with van der Waals surface area (Å²) in [7, 11) is 0.287. The van der Waals surface area contributed by atoms with Gasteiger partial charge >= 0.3 is 5.97 Å². The largest absolute Gasteiger partial charge is 0.465 e. The topological polar surface area (TPSA) is 88.5 Å². The van der Waals surface area contributed by atoms with Gasteiger partial charge in [-0.3, -0.25) is 0 Å². The van der Waals surface area contributed by atoms with Gasteiger partial charge in [0.25, 0.3) is 10.0 Å². The quantitative estimate of drug-likeness (QED) is 0.152. The Morgan fingerprint density at radius 2 is 1.61 bits per heavy atom. The fourth-order valence-electron chi connectivity index (χ4n) is 3.97. The highest BCUT2D eigenvalue weighted by atomic mass is 32.2. The Kier molecular flexibility index (Phi) is 7.97. The number of methoxy groups -OCH3 is 1. The van der Waals surface area contributed by atoms with Crippen molar-refractivity contribution in [3.63, 3.8) is 0 Å². The maximum absolute atomic E-state index is 13.5. The first kappa shape index (κ1) is 26.7. The average Bonchev–Trinajstić information content (AvgIpc) is 2.93. The van der Waals surface area contributed by atoms with Crippen LogP contribution in [-0.2, 0) is 14.8 Å². The lowest BCUT2D eigenvalue weighted by molar-refractivity contribution is 0.0600. The summed E-state index contributed by atoms with van der Waals surface area (Å²) in [5.74, 6) is -0.197. The predicted molar refractivity (Wildman–Crippen MR) is 150 cm³/mol. The van der Waals surface area contributed by atoms with Gasteiger partial charge in [-0.2, -0.15) is 8.42 Å². The van der Waals surface area contributed by atoms with Crippen molar-refractivity contribution in [1.82, 2.24) is 4.90 Å². The van der Waals surface area contributed by atoms with Crippen molar-refractivity contribution in [2.75, 3.05) is 32.6 Å². The van der Waals surface area contributed by atoms with Gasteiger partial charge in [0.15, 0.2) is 5.75 Å². The second-order valence-corrected chi connectivity index (χ2v) is 10.3. The summed E-state index contributed by atoms with van der Waals surface area (Å²) in [4.78, 5) is 15.8. The van der Waals surface area contributed by atoms with E-state index in [0.717, 1.165) is 16.5 Å². The van der Waals surface area contributed by atoms with E-state index in [1.807, 2.05) is 60.4 Å². The second-order valence-electron chi connectivity index (χ2n) is 8.66. The van der Waals surface area contributed by atoms with Crippen LogP contribution in [0.3, 0.4) is 0 Å². The molecule has 0 heterocycles. The van der Waals surface area contributed by atoms with Crippen molar-refractivity contribution < 1.29 is 22.7 Å². The molecular weight excluding hydrogens is 502 g/mol. The van der Waals surface area contributed by atoms with E-state index < -0.39 is 16.0 Å². The van der Waals surface area contributed by atoms with Crippen LogP contribution < -0.4 is 9.64 Å². The first-order valence-corrected chi connectivity index (χ1v) is 13.4. The number of rotatable bonds is 9. The number of hydrogen-bond donors (Lipinski definition) is 0. The number of benzene rings is 4. The highest BCUT2D eigenvalue weighted by Crippen LogP contribution is 2.43. The number of anilines is 2. The van der Waals surface area contributed by atoms with Crippen LogP contribution in [0.15, 0.2) is 94.2 Å². The van der Waals surface area contributed by atoms with Gasteiger partial charge in [-0.15, -0.1) is 4.40 Å². The molecule has 4 aromatic rings. The lowest BCUT2D eigenvalue weighted by atomic mass is 10.1. The van der Waals surface area contributed by atoms with Crippen molar-refractivity contribution in [2.45, 2.75) is 11.8 Å². The van der Waals surface area contributed by atoms with E-state index in [1.165, 1.54) is 24.4 Å². The average molecular weight is 532 g/mol. The summed E-state index contributed by atoms with van der Waals surface area (Å²) in [5.41, 5.74) is 1.24. The fraction of sp³-hybridized carbons (Fsp3) is 0.172. The molecule has 0 saturated carbocycles. The van der Waals surface area contributed by atoms with E-state index in [-0.39, 0.29) is 16.2 Å². The van der Waals surface area contributed by atoms with E-state index in [0.29, 0.717) is 18.0 Å². The Hall–Kier alpha value is -4.37. The van der Waals surface area contributed by atoms with E-state index >= 15 is 0 Å². The summed E-state index contributed by atoms with van der Waals surface area (Å²) in [6.07, 6.45) is 1.19. The summed E-state index contributed by atoms with van der Waals surface area (Å²) in [6.45, 7) is 2.39. The number of hydrogen-bond acceptors (Lipinski definition) is 6. The third-order valence-corrected chi connectivity index (χ3v) is 7.00. The van der Waals surface area contributed by atoms with Crippen LogP contribution in [0.4, 0.5) is 11.4 Å². The molecule has 0 aliphatic rings. The predicted octanol–water partition coefficient (Wildman–Crippen LogP) is 5.86. The SMILES string of the molecule is CCN(c1ccc2ccccc2c1)c1cc(C(=O)OC)cc(S(=O)(=O)N=CN(C)C)c1Oc1ccccc1. The van der Waals surface area contributed by atoms with Crippen LogP contribution >= 0.6 is 0 Å². The van der Waals surface area contributed by atoms with Gasteiger partial charge in [0.1, 0.15) is 17.0 Å². The number of carbonyl (C=O) groups is 1. The third kappa shape index (κ3) is 5.78. The maximum Gasteiger partial charge on any atom is 0.337 e. The van der Waals surface area contributed by atoms with Crippen LogP contribution in [0.5, 0.6) is 11.5 Å². The highest BCUT2D eigenvalue weighted by molar-refractivity contribution is 7.90. The number of ether oxygens (including phenoxy) is 2. The highest BCUT2D eigenvalue weighted by Gasteiger charge is 2.28. The Balaban J connectivity index is 2.02. The number of fused-ring (bicyclic) bond motifs is 1. The van der Waals surface area contributed by atoms with Gasteiger partial charge < -0.3 is 19.3 Å². The molecule has 0 unspecified atom stereocenters. The van der Waals surface area contributed by atoms with Crippen molar-refractivity contribution >= 4 is 44.5 Å². The molecule has 4 rings (SSSR count). The molecule has 8 nitrogen and oxygen atoms in total. The molecule has 0 radical (unpaired) electrons. The van der Waals surface area contributed by atoms with E-state index in [9.17, 15) is 13.2 Å². The zero-order chi connectivity index (χ0) is 27.3. The number of para-hydroxylation sites is 1. The Morgan fingerprint density at radius 1 is 0.921 bits per heavy atom. The van der Waals surface area contributed by atoms with E-state index in [2.05, 4.69) is 4.40 Å². The van der Waals surface area contributed by atoms with Crippen LogP contribution in [0.2, 0.25) is 0 Å². The molecule has 0 spiro atoms. The molecule has 4 aromatic carbocycles. The molecule has 9 heteroatoms. The zero-order valence-corrected chi connectivity index (χ0v) is 22.5. The molecule has 0 bridgehead atoms. The molecule has 0 aromatic heterocycles. The first-order chi connectivity index (χ1) is 18.2. The monoisotopic (exact) mass is 531 g/mol. The van der Waals surface area contributed by atoms with E-state index in [4.69, 9.17) is 9.47 Å². The molecule has 196 valence electrons. The molecule has 0 aliphatic carbocycles. The molecular formula is C29H29N3O5S. The van der Waals surface area contributed by atoms with Crippen LogP contribution in [-0.4, -0.2) is 53.4 Å². The van der Waals surface area contributed by atoms with Crippen LogP contribution in [0.25, 0.3) is 10.8 Å². The van der Waals surface area contributed by atoms with Gasteiger partial charge in [0, 0.05) is 26.3 Å². The molecule has 0 saturated heterocycles. The smallest absolute Gasteiger partial charge is 0.337 e. The second kappa shape index (κ2) is 11.4. The van der Waals surface area contributed by atoms with Crippen LogP contribution in [0, 0.1) is 0 Å². The van der Waals surface area contributed by atoms with Gasteiger partial charge in [0.2, 0.25) is 0 Å². The zero-order valence-electron chi connectivity index (χ0n) is 21.7. The lowest BCUT2D eigenvalue weighted by Gasteiger charge is -2.27. The lowest BCUT2D eigenvalue weighted by Crippen LogP contribution is -2.19. The minimum Gasteiger partial charge on any atom is -0.465 e. The fourth-order valence-corrected chi connectivity index (χ4v) is 5.06. The third-order valence-electron chi connectivity index (χ3n) is 5.77. The van der Waals surface area contributed by atoms with Gasteiger partial charge in [0.05, 0.1) is 18.4 Å². The van der Waals surface area contributed by atoms with Crippen molar-refractivity contribution in [3.05, 3.63) is 90.5 Å². The minimum absolute atomic E-state index is 0.0507. The normalized spacial score (nSPS) is 11.5. The molecule has 0 fully saturated rings. The summed E-state index contributed by atoms with van der Waals surface area (Å²) >= 11 is 0. The molecule has 0 N–H and O–H groups in total. The number of esters is 1. The maximum atomic E-state index is 13.5. The molecule has 0 atom stereocenters. The minimum atomic E-state index is -4.28. The molecule has 0 amide bonds. The Labute approximate surface area is 222 Å². The first-order valence-electron chi connectivity index (χ1n) is 12.0. The number of carbonyl (C=O) groups excluding carboxylic acids is 1. The number of nitrogens with zero attached hydrogens (tertiary/aromatic N) is 3. The Morgan fingerprint density at radius 3 is 2.26 bits per heavy atom. The standard InChI is InChI=1S/C29H29N3O5S/c1-5-32(24-16-15-21-11-9-10-12-22(21)17-24)26-18-23(29(33)36-4)19-27(38(34,35)30-20-31(2)3)28(26)37-25-13-7-6-8-14-25/h6-20H,5H2,1-4H3. The summed E-state index contributed by atoms with van der Waals surface area (Å²) in [6, 6.07) is 25.6. The van der Waals surface area contributed by atoms with Crippen molar-refractivity contribution in [3.8, 4) is 11.5 Å². The summed E-state index contributed by atoms with van der Waals surface area (Å²) < 4.78 is 42.0. The van der Waals surface area contributed by atoms with Gasteiger partial charge in [-0.1, -0.05) is 48.5 Å². The van der Waals surface area contributed by atoms with Crippen molar-refractivity contribution in [2.24, 2.45) is 4.40 Å². The number of sulfonamides is 1. The van der Waals surface area contributed by atoms with Gasteiger partial charge in [-0.05, 0) is 54.1 Å². The molecule has 0 aliphatic heterocycles.